The molecule has 120 valence electrons. The molecule has 4 nitrogen and oxygen atoms in total. The van der Waals surface area contributed by atoms with Gasteiger partial charge in [0.2, 0.25) is 5.91 Å². The normalized spacial score (nSPS) is 25.2. The van der Waals surface area contributed by atoms with Crippen LogP contribution in [0, 0.1) is 0 Å². The lowest BCUT2D eigenvalue weighted by atomic mass is 10.0. The quantitative estimate of drug-likeness (QED) is 0.918. The molecule has 0 aliphatic carbocycles. The third kappa shape index (κ3) is 3.66. The molecule has 22 heavy (non-hydrogen) atoms. The van der Waals surface area contributed by atoms with Gasteiger partial charge in [0.05, 0.1) is 4.88 Å². The highest BCUT2D eigenvalue weighted by molar-refractivity contribution is 8.00. The molecule has 2 saturated heterocycles. The lowest BCUT2D eigenvalue weighted by molar-refractivity contribution is -0.126. The van der Waals surface area contributed by atoms with Gasteiger partial charge in [-0.1, -0.05) is 6.07 Å². The van der Waals surface area contributed by atoms with Crippen LogP contribution < -0.4 is 5.32 Å². The fourth-order valence-electron chi connectivity index (χ4n) is 3.13. The molecule has 0 bridgehead atoms. The van der Waals surface area contributed by atoms with E-state index in [1.54, 1.807) is 4.90 Å². The maximum Gasteiger partial charge on any atom is 0.264 e. The second kappa shape index (κ2) is 7.51. The van der Waals surface area contributed by atoms with E-state index in [9.17, 15) is 9.59 Å². The number of likely N-dealkylation sites (tertiary alicyclic amines) is 1. The summed E-state index contributed by atoms with van der Waals surface area (Å²) in [6.07, 6.45) is 5.22. The third-order valence-corrected chi connectivity index (χ3v) is 6.58. The number of nitrogens with zero attached hydrogens (tertiary/aromatic N) is 1. The summed E-state index contributed by atoms with van der Waals surface area (Å²) in [7, 11) is 0. The molecule has 1 aromatic rings. The average Bonchev–Trinajstić information content (AvgIpc) is 3.25. The highest BCUT2D eigenvalue weighted by atomic mass is 32.2. The van der Waals surface area contributed by atoms with Gasteiger partial charge in [0, 0.05) is 18.3 Å². The van der Waals surface area contributed by atoms with E-state index < -0.39 is 0 Å². The minimum Gasteiger partial charge on any atom is -0.353 e. The zero-order valence-electron chi connectivity index (χ0n) is 12.6. The van der Waals surface area contributed by atoms with E-state index in [1.807, 2.05) is 29.3 Å². The van der Waals surface area contributed by atoms with E-state index >= 15 is 0 Å². The lowest BCUT2D eigenvalue weighted by Gasteiger charge is -2.34. The first-order valence-electron chi connectivity index (χ1n) is 7.99. The predicted octanol–water partition coefficient (Wildman–Crippen LogP) is 2.75. The fourth-order valence-corrected chi connectivity index (χ4v) is 5.01. The van der Waals surface area contributed by atoms with E-state index in [1.165, 1.54) is 29.9 Å². The van der Waals surface area contributed by atoms with Crippen LogP contribution in [0.2, 0.25) is 0 Å². The summed E-state index contributed by atoms with van der Waals surface area (Å²) < 4.78 is 0. The van der Waals surface area contributed by atoms with Crippen molar-refractivity contribution in [3.05, 3.63) is 22.4 Å². The van der Waals surface area contributed by atoms with Crippen LogP contribution in [0.25, 0.3) is 0 Å². The summed E-state index contributed by atoms with van der Waals surface area (Å²) in [6, 6.07) is 3.43. The lowest BCUT2D eigenvalue weighted by Crippen LogP contribution is -2.52. The van der Waals surface area contributed by atoms with Crippen LogP contribution in [0.15, 0.2) is 17.5 Å². The molecule has 3 heterocycles. The molecule has 0 spiro atoms. The van der Waals surface area contributed by atoms with Crippen molar-refractivity contribution in [1.82, 2.24) is 10.2 Å². The number of carbonyl (C=O) groups excluding carboxylic acids is 2. The van der Waals surface area contributed by atoms with Crippen molar-refractivity contribution in [2.75, 3.05) is 18.8 Å². The van der Waals surface area contributed by atoms with Crippen LogP contribution in [0.1, 0.15) is 41.8 Å². The molecule has 2 aliphatic heterocycles. The van der Waals surface area contributed by atoms with Crippen LogP contribution in [0.3, 0.4) is 0 Å². The number of nitrogens with one attached hydrogen (secondary N) is 1. The van der Waals surface area contributed by atoms with Crippen molar-refractivity contribution in [1.29, 1.82) is 0 Å². The number of hydrogen-bond acceptors (Lipinski definition) is 4. The van der Waals surface area contributed by atoms with Crippen LogP contribution in [0.4, 0.5) is 0 Å². The van der Waals surface area contributed by atoms with Crippen molar-refractivity contribution < 1.29 is 9.59 Å². The van der Waals surface area contributed by atoms with Gasteiger partial charge in [-0.25, -0.2) is 0 Å². The molecular weight excluding hydrogens is 316 g/mol. The van der Waals surface area contributed by atoms with Crippen LogP contribution in [-0.4, -0.2) is 46.8 Å². The van der Waals surface area contributed by atoms with E-state index in [0.29, 0.717) is 11.8 Å². The molecule has 1 aromatic heterocycles. The van der Waals surface area contributed by atoms with Gasteiger partial charge < -0.3 is 10.2 Å². The number of thiophene rings is 1. The first kappa shape index (κ1) is 15.9. The van der Waals surface area contributed by atoms with Gasteiger partial charge in [-0.2, -0.15) is 11.8 Å². The fraction of sp³-hybridized carbons (Fsp3) is 0.625. The van der Waals surface area contributed by atoms with Crippen LogP contribution >= 0.6 is 23.1 Å². The van der Waals surface area contributed by atoms with Gasteiger partial charge >= 0.3 is 0 Å². The topological polar surface area (TPSA) is 49.4 Å². The molecule has 0 unspecified atom stereocenters. The second-order valence-electron chi connectivity index (χ2n) is 5.87. The Bertz CT molecular complexity index is 512. The Morgan fingerprint density at radius 1 is 1.27 bits per heavy atom. The number of thioether (sulfide) groups is 1. The minimum absolute atomic E-state index is 0.00471. The second-order valence-corrected chi connectivity index (χ2v) is 8.22. The van der Waals surface area contributed by atoms with E-state index in [-0.39, 0.29) is 17.9 Å². The maximum absolute atomic E-state index is 12.6. The first-order valence-corrected chi connectivity index (χ1v) is 9.92. The third-order valence-electron chi connectivity index (χ3n) is 4.33. The summed E-state index contributed by atoms with van der Waals surface area (Å²) >= 11 is 3.39. The van der Waals surface area contributed by atoms with Crippen molar-refractivity contribution in [3.8, 4) is 0 Å². The molecule has 2 fully saturated rings. The SMILES string of the molecule is O=C(NC[C@@H]1CCCS1)[C@H]1CCCCN1C(=O)c1cccs1. The standard InChI is InChI=1S/C16H22N2O2S2/c19-15(17-11-12-5-3-9-21-12)13-6-1-2-8-18(13)16(20)14-7-4-10-22-14/h4,7,10,12-13H,1-3,5-6,8-9,11H2,(H,17,19)/t12-,13+/m0/s1. The molecule has 2 amide bonds. The molecule has 1 N–H and O–H groups in total. The Labute approximate surface area is 139 Å². The minimum atomic E-state index is -0.297. The molecule has 2 atom stereocenters. The summed E-state index contributed by atoms with van der Waals surface area (Å²) in [5.74, 6) is 1.23. The van der Waals surface area contributed by atoms with E-state index in [4.69, 9.17) is 0 Å². The average molecular weight is 338 g/mol. The van der Waals surface area contributed by atoms with Gasteiger partial charge in [-0.15, -0.1) is 11.3 Å². The van der Waals surface area contributed by atoms with Crippen molar-refractivity contribution in [2.24, 2.45) is 0 Å². The summed E-state index contributed by atoms with van der Waals surface area (Å²) in [6.45, 7) is 1.42. The Balaban J connectivity index is 1.61. The van der Waals surface area contributed by atoms with Crippen LogP contribution in [-0.2, 0) is 4.79 Å². The van der Waals surface area contributed by atoms with Crippen molar-refractivity contribution >= 4 is 34.9 Å². The summed E-state index contributed by atoms with van der Waals surface area (Å²) in [5, 5.41) is 5.53. The Morgan fingerprint density at radius 2 is 2.18 bits per heavy atom. The Morgan fingerprint density at radius 3 is 2.91 bits per heavy atom. The highest BCUT2D eigenvalue weighted by Gasteiger charge is 2.33. The summed E-state index contributed by atoms with van der Waals surface area (Å²) in [4.78, 5) is 27.6. The number of piperidine rings is 1. The molecule has 0 radical (unpaired) electrons. The van der Waals surface area contributed by atoms with Gasteiger partial charge in [0.25, 0.3) is 5.91 Å². The smallest absolute Gasteiger partial charge is 0.264 e. The number of hydrogen-bond donors (Lipinski definition) is 1. The number of carbonyl (C=O) groups is 2. The zero-order chi connectivity index (χ0) is 15.4. The number of amides is 2. The number of rotatable bonds is 4. The zero-order valence-corrected chi connectivity index (χ0v) is 14.3. The Hall–Kier alpha value is -1.01. The van der Waals surface area contributed by atoms with E-state index in [2.05, 4.69) is 5.32 Å². The highest BCUT2D eigenvalue weighted by Crippen LogP contribution is 2.26. The molecule has 6 heteroatoms. The monoisotopic (exact) mass is 338 g/mol. The van der Waals surface area contributed by atoms with Crippen molar-refractivity contribution in [3.63, 3.8) is 0 Å². The maximum atomic E-state index is 12.6. The Kier molecular flexibility index (Phi) is 5.41. The summed E-state index contributed by atoms with van der Waals surface area (Å²) in [5.41, 5.74) is 0. The van der Waals surface area contributed by atoms with Crippen LogP contribution in [0.5, 0.6) is 0 Å². The van der Waals surface area contributed by atoms with Gasteiger partial charge in [0.1, 0.15) is 6.04 Å². The molecule has 3 rings (SSSR count). The van der Waals surface area contributed by atoms with Crippen molar-refractivity contribution in [2.45, 2.75) is 43.4 Å². The van der Waals surface area contributed by atoms with E-state index in [0.717, 1.165) is 30.7 Å². The largest absolute Gasteiger partial charge is 0.353 e. The molecule has 0 saturated carbocycles. The molecule has 0 aromatic carbocycles. The first-order chi connectivity index (χ1) is 10.8. The van der Waals surface area contributed by atoms with Gasteiger partial charge in [-0.05, 0) is 49.3 Å². The molecular formula is C16H22N2O2S2. The van der Waals surface area contributed by atoms with Gasteiger partial charge in [0.15, 0.2) is 0 Å². The predicted molar refractivity (Wildman–Crippen MR) is 91.5 cm³/mol. The molecule has 2 aliphatic rings. The van der Waals surface area contributed by atoms with Gasteiger partial charge in [-0.3, -0.25) is 9.59 Å².